The lowest BCUT2D eigenvalue weighted by Gasteiger charge is -2.30. The number of hydrogen-bond acceptors (Lipinski definition) is 7. The molecule has 0 radical (unpaired) electrons. The predicted octanol–water partition coefficient (Wildman–Crippen LogP) is 0.939. The zero-order valence-corrected chi connectivity index (χ0v) is 11.6. The Labute approximate surface area is 124 Å². The van der Waals surface area contributed by atoms with Crippen molar-refractivity contribution >= 4 is 18.3 Å². The van der Waals surface area contributed by atoms with E-state index < -0.39 is 42.2 Å². The summed E-state index contributed by atoms with van der Waals surface area (Å²) in [5.74, 6) is -0.688. The van der Waals surface area contributed by atoms with Crippen LogP contribution in [0.5, 0.6) is 0 Å². The van der Waals surface area contributed by atoms with Gasteiger partial charge in [0.15, 0.2) is 17.8 Å². The van der Waals surface area contributed by atoms with Gasteiger partial charge in [0.25, 0.3) is 0 Å². The molecule has 1 fully saturated rings. The summed E-state index contributed by atoms with van der Waals surface area (Å²) in [5, 5.41) is 17.5. The van der Waals surface area contributed by atoms with E-state index in [1.165, 1.54) is 19.1 Å². The van der Waals surface area contributed by atoms with E-state index in [1.807, 2.05) is 0 Å². The molecule has 0 aromatic carbocycles. The lowest BCUT2D eigenvalue weighted by Crippen LogP contribution is -2.50. The van der Waals surface area contributed by atoms with Gasteiger partial charge in [-0.15, -0.1) is 0 Å². The van der Waals surface area contributed by atoms with Crippen LogP contribution in [0, 0.1) is 0 Å². The second-order valence-electron chi connectivity index (χ2n) is 4.91. The molecule has 2 aliphatic heterocycles. The number of carboxylic acid groups (broad SMARTS) is 2. The van der Waals surface area contributed by atoms with Crippen molar-refractivity contribution in [3.63, 3.8) is 0 Å². The van der Waals surface area contributed by atoms with Crippen LogP contribution in [0.2, 0.25) is 0 Å². The van der Waals surface area contributed by atoms with Gasteiger partial charge in [-0.3, -0.25) is 0 Å². The van der Waals surface area contributed by atoms with Crippen LogP contribution in [0.3, 0.4) is 0 Å². The number of rotatable bonds is 5. The minimum Gasteiger partial charge on any atom is -0.459 e. The first kappa shape index (κ1) is 15.8. The zero-order valence-electron chi connectivity index (χ0n) is 11.6. The van der Waals surface area contributed by atoms with E-state index in [1.54, 1.807) is 0 Å². The van der Waals surface area contributed by atoms with Gasteiger partial charge in [0.1, 0.15) is 12.7 Å². The summed E-state index contributed by atoms with van der Waals surface area (Å²) in [7, 11) is 0. The molecule has 9 heteroatoms. The maximum absolute atomic E-state index is 11.5. The fraction of sp³-hybridized carbons (Fsp3) is 0.462. The number of carbonyl (C=O) groups excluding carboxylic acids is 1. The molecule has 2 bridgehead atoms. The molecule has 9 nitrogen and oxygen atoms in total. The Morgan fingerprint density at radius 2 is 1.91 bits per heavy atom. The van der Waals surface area contributed by atoms with Crippen LogP contribution in [0.4, 0.5) is 9.59 Å². The lowest BCUT2D eigenvalue weighted by molar-refractivity contribution is -0.149. The fourth-order valence-electron chi connectivity index (χ4n) is 2.36. The number of fused-ring (bicyclic) bond motifs is 2. The van der Waals surface area contributed by atoms with Gasteiger partial charge in [-0.25, -0.2) is 14.4 Å². The Kier molecular flexibility index (Phi) is 4.09. The van der Waals surface area contributed by atoms with E-state index in [2.05, 4.69) is 11.3 Å². The molecule has 2 aliphatic rings. The number of esters is 1. The van der Waals surface area contributed by atoms with Crippen molar-refractivity contribution in [2.45, 2.75) is 30.8 Å². The van der Waals surface area contributed by atoms with Crippen LogP contribution in [-0.4, -0.2) is 59.0 Å². The van der Waals surface area contributed by atoms with E-state index in [9.17, 15) is 14.4 Å². The van der Waals surface area contributed by atoms with Gasteiger partial charge < -0.3 is 29.2 Å². The summed E-state index contributed by atoms with van der Waals surface area (Å²) in [5.41, 5.74) is -1.27. The molecule has 1 saturated heterocycles. The van der Waals surface area contributed by atoms with Crippen molar-refractivity contribution in [2.75, 3.05) is 6.61 Å². The number of carbonyl (C=O) groups is 3. The maximum atomic E-state index is 11.5. The highest BCUT2D eigenvalue weighted by atomic mass is 16.7. The molecule has 2 N–H and O–H groups in total. The van der Waals surface area contributed by atoms with E-state index in [-0.39, 0.29) is 12.2 Å². The normalized spacial score (nSPS) is 31.6. The van der Waals surface area contributed by atoms with Crippen molar-refractivity contribution < 1.29 is 43.5 Å². The Bertz CT molecular complexity index is 552. The van der Waals surface area contributed by atoms with Gasteiger partial charge >= 0.3 is 18.3 Å². The Hall–Kier alpha value is -2.55. The van der Waals surface area contributed by atoms with Gasteiger partial charge in [-0.2, -0.15) is 0 Å². The lowest BCUT2D eigenvalue weighted by atomic mass is 9.90. The monoisotopic (exact) mass is 314 g/mol. The quantitative estimate of drug-likeness (QED) is 0.329. The highest BCUT2D eigenvalue weighted by Gasteiger charge is 2.61. The topological polar surface area (TPSA) is 129 Å². The molecule has 0 saturated carbocycles. The molecule has 22 heavy (non-hydrogen) atoms. The summed E-state index contributed by atoms with van der Waals surface area (Å²) < 4.78 is 19.8. The smallest absolute Gasteiger partial charge is 0.459 e. The summed E-state index contributed by atoms with van der Waals surface area (Å²) in [4.78, 5) is 33.0. The first-order valence-corrected chi connectivity index (χ1v) is 6.24. The van der Waals surface area contributed by atoms with Gasteiger partial charge in [0, 0.05) is 5.57 Å². The van der Waals surface area contributed by atoms with Gasteiger partial charge in [-0.1, -0.05) is 12.7 Å². The molecular formula is C13H14O9. The third-order valence-electron chi connectivity index (χ3n) is 3.27. The van der Waals surface area contributed by atoms with E-state index in [0.29, 0.717) is 0 Å². The molecule has 2 rings (SSSR count). The highest BCUT2D eigenvalue weighted by molar-refractivity contribution is 5.87. The van der Waals surface area contributed by atoms with Gasteiger partial charge in [0.2, 0.25) is 0 Å². The SMILES string of the molecule is C=C(C)C(=O)OCC12C=CC(O1)C(OC(=O)O)C2OC(=O)O. The average molecular weight is 314 g/mol. The van der Waals surface area contributed by atoms with Crippen molar-refractivity contribution in [3.05, 3.63) is 24.3 Å². The maximum Gasteiger partial charge on any atom is 0.506 e. The van der Waals surface area contributed by atoms with Crippen LogP contribution >= 0.6 is 0 Å². The second kappa shape index (κ2) is 5.68. The molecule has 0 aromatic heterocycles. The van der Waals surface area contributed by atoms with Crippen LogP contribution in [0.1, 0.15) is 6.92 Å². The largest absolute Gasteiger partial charge is 0.506 e. The molecule has 4 unspecified atom stereocenters. The van der Waals surface area contributed by atoms with E-state index in [4.69, 9.17) is 24.4 Å². The molecular weight excluding hydrogens is 300 g/mol. The summed E-state index contributed by atoms with van der Waals surface area (Å²) in [6.45, 7) is 4.51. The van der Waals surface area contributed by atoms with Crippen molar-refractivity contribution in [1.82, 2.24) is 0 Å². The molecule has 4 atom stereocenters. The summed E-state index contributed by atoms with van der Waals surface area (Å²) in [6, 6.07) is 0. The minimum absolute atomic E-state index is 0.155. The van der Waals surface area contributed by atoms with Crippen molar-refractivity contribution in [3.8, 4) is 0 Å². The highest BCUT2D eigenvalue weighted by Crippen LogP contribution is 2.42. The predicted molar refractivity (Wildman–Crippen MR) is 68.3 cm³/mol. The summed E-state index contributed by atoms with van der Waals surface area (Å²) in [6.07, 6.45) is -3.52. The molecule has 0 amide bonds. The minimum atomic E-state index is -1.63. The number of ether oxygens (including phenoxy) is 4. The second-order valence-corrected chi connectivity index (χ2v) is 4.91. The molecule has 0 spiro atoms. The van der Waals surface area contributed by atoms with Crippen LogP contribution in [-0.2, 0) is 23.7 Å². The van der Waals surface area contributed by atoms with Crippen LogP contribution in [0.15, 0.2) is 24.3 Å². The molecule has 2 heterocycles. The molecule has 120 valence electrons. The molecule has 0 aromatic rings. The van der Waals surface area contributed by atoms with E-state index >= 15 is 0 Å². The van der Waals surface area contributed by atoms with Crippen molar-refractivity contribution in [1.29, 1.82) is 0 Å². The van der Waals surface area contributed by atoms with Gasteiger partial charge in [-0.05, 0) is 13.0 Å². The Morgan fingerprint density at radius 1 is 1.27 bits per heavy atom. The third-order valence-corrected chi connectivity index (χ3v) is 3.27. The molecule has 0 aliphatic carbocycles. The standard InChI is InChI=1S/C13H14O9/c1-6(2)10(14)19-5-13-4-3-7(22-13)8(20-11(15)16)9(13)21-12(17)18/h3-4,7-9H,1,5H2,2H3,(H,15,16)(H,17,18). The summed E-state index contributed by atoms with van der Waals surface area (Å²) >= 11 is 0. The third kappa shape index (κ3) is 2.89. The number of hydrogen-bond donors (Lipinski definition) is 2. The van der Waals surface area contributed by atoms with Crippen LogP contribution in [0.25, 0.3) is 0 Å². The Morgan fingerprint density at radius 3 is 2.45 bits per heavy atom. The zero-order chi connectivity index (χ0) is 16.5. The first-order valence-electron chi connectivity index (χ1n) is 6.24. The van der Waals surface area contributed by atoms with E-state index in [0.717, 1.165) is 0 Å². The Balaban J connectivity index is 2.19. The van der Waals surface area contributed by atoms with Gasteiger partial charge in [0.05, 0.1) is 0 Å². The van der Waals surface area contributed by atoms with Crippen molar-refractivity contribution in [2.24, 2.45) is 0 Å². The van der Waals surface area contributed by atoms with Crippen LogP contribution < -0.4 is 0 Å². The average Bonchev–Trinajstić information content (AvgIpc) is 2.94. The first-order chi connectivity index (χ1) is 10.2. The fourth-order valence-corrected chi connectivity index (χ4v) is 2.36.